The van der Waals surface area contributed by atoms with E-state index in [1.165, 1.54) is 5.56 Å². The van der Waals surface area contributed by atoms with Crippen molar-refractivity contribution in [2.24, 2.45) is 0 Å². The maximum Gasteiger partial charge on any atom is 0.261 e. The molecule has 0 spiro atoms. The van der Waals surface area contributed by atoms with Crippen LogP contribution in [0.15, 0.2) is 67.0 Å². The van der Waals surface area contributed by atoms with Gasteiger partial charge in [-0.15, -0.1) is 0 Å². The number of hydrogen-bond acceptors (Lipinski definition) is 3. The molecule has 0 bridgehead atoms. The molecule has 2 aromatic heterocycles. The van der Waals surface area contributed by atoms with E-state index in [9.17, 15) is 4.79 Å². The van der Waals surface area contributed by atoms with Crippen LogP contribution in [0.3, 0.4) is 0 Å². The molecule has 4 aromatic rings. The summed E-state index contributed by atoms with van der Waals surface area (Å²) in [5, 5.41) is 7.86. The summed E-state index contributed by atoms with van der Waals surface area (Å²) >= 11 is 0. The van der Waals surface area contributed by atoms with Gasteiger partial charge in [0, 0.05) is 36.9 Å². The fourth-order valence-corrected chi connectivity index (χ4v) is 4.12. The third-order valence-electron chi connectivity index (χ3n) is 5.98. The Morgan fingerprint density at radius 1 is 0.970 bits per heavy atom. The Balaban J connectivity index is 1.73. The van der Waals surface area contributed by atoms with Crippen molar-refractivity contribution in [1.82, 2.24) is 14.3 Å². The lowest BCUT2D eigenvalue weighted by Gasteiger charge is -2.22. The highest BCUT2D eigenvalue weighted by Crippen LogP contribution is 2.27. The van der Waals surface area contributed by atoms with E-state index in [1.807, 2.05) is 78.0 Å². The van der Waals surface area contributed by atoms with Crippen LogP contribution in [0.5, 0.6) is 0 Å². The summed E-state index contributed by atoms with van der Waals surface area (Å²) in [5.41, 5.74) is 6.30. The lowest BCUT2D eigenvalue weighted by molar-refractivity contribution is 0.102. The Morgan fingerprint density at radius 3 is 2.24 bits per heavy atom. The molecule has 2 aromatic carbocycles. The van der Waals surface area contributed by atoms with E-state index < -0.39 is 0 Å². The van der Waals surface area contributed by atoms with E-state index >= 15 is 0 Å². The van der Waals surface area contributed by atoms with E-state index in [1.54, 1.807) is 0 Å². The Kier molecular flexibility index (Phi) is 6.36. The van der Waals surface area contributed by atoms with Crippen molar-refractivity contribution in [2.45, 2.75) is 34.6 Å². The number of aryl methyl sites for hydroxylation is 3. The number of anilines is 2. The SMILES string of the molecule is CCN(CC)c1ccc(NC(=O)c2c(C)nn(-c3ccc(C)cc3)c2-n2cccc2)c(C)c1. The minimum absolute atomic E-state index is 0.173. The number of hydrogen-bond donors (Lipinski definition) is 1. The van der Waals surface area contributed by atoms with Gasteiger partial charge >= 0.3 is 0 Å². The van der Waals surface area contributed by atoms with Gasteiger partial charge in [0.2, 0.25) is 0 Å². The normalized spacial score (nSPS) is 10.9. The summed E-state index contributed by atoms with van der Waals surface area (Å²) in [7, 11) is 0. The highest BCUT2D eigenvalue weighted by molar-refractivity contribution is 6.07. The van der Waals surface area contributed by atoms with Crippen molar-refractivity contribution in [3.8, 4) is 11.5 Å². The third kappa shape index (κ3) is 4.42. The average Bonchev–Trinajstić information content (AvgIpc) is 3.44. The van der Waals surface area contributed by atoms with E-state index in [0.29, 0.717) is 11.3 Å². The zero-order chi connectivity index (χ0) is 23.5. The first-order valence-electron chi connectivity index (χ1n) is 11.4. The van der Waals surface area contributed by atoms with Gasteiger partial charge in [0.15, 0.2) is 5.82 Å². The van der Waals surface area contributed by atoms with E-state index in [-0.39, 0.29) is 5.91 Å². The van der Waals surface area contributed by atoms with Crippen LogP contribution >= 0.6 is 0 Å². The Bertz CT molecular complexity index is 1250. The van der Waals surface area contributed by atoms with Crippen LogP contribution in [-0.4, -0.2) is 33.3 Å². The summed E-state index contributed by atoms with van der Waals surface area (Å²) in [4.78, 5) is 15.8. The fraction of sp³-hybridized carbons (Fsp3) is 0.259. The molecule has 0 saturated heterocycles. The molecule has 2 heterocycles. The van der Waals surface area contributed by atoms with Gasteiger partial charge in [-0.2, -0.15) is 5.10 Å². The highest BCUT2D eigenvalue weighted by atomic mass is 16.1. The van der Waals surface area contributed by atoms with Crippen molar-refractivity contribution in [2.75, 3.05) is 23.3 Å². The van der Waals surface area contributed by atoms with Crippen LogP contribution in [-0.2, 0) is 0 Å². The first-order chi connectivity index (χ1) is 15.9. The molecule has 0 unspecified atom stereocenters. The standard InChI is InChI=1S/C27H31N5O/c1-6-30(7-2)23-14-15-24(20(4)18-23)28-26(33)25-21(5)29-32(22-12-10-19(3)11-13-22)27(25)31-16-8-9-17-31/h8-18H,6-7H2,1-5H3,(H,28,33). The number of aromatic nitrogens is 3. The Labute approximate surface area is 195 Å². The topological polar surface area (TPSA) is 55.1 Å². The summed E-state index contributed by atoms with van der Waals surface area (Å²) in [6.45, 7) is 12.1. The Morgan fingerprint density at radius 2 is 1.64 bits per heavy atom. The number of carbonyl (C=O) groups is 1. The molecule has 1 N–H and O–H groups in total. The second kappa shape index (κ2) is 9.36. The van der Waals surface area contributed by atoms with Gasteiger partial charge in [-0.25, -0.2) is 4.68 Å². The highest BCUT2D eigenvalue weighted by Gasteiger charge is 2.24. The van der Waals surface area contributed by atoms with Crippen molar-refractivity contribution in [3.05, 3.63) is 89.4 Å². The smallest absolute Gasteiger partial charge is 0.261 e. The van der Waals surface area contributed by atoms with E-state index in [0.717, 1.165) is 41.5 Å². The molecule has 0 fully saturated rings. The zero-order valence-corrected chi connectivity index (χ0v) is 20.0. The second-order valence-electron chi connectivity index (χ2n) is 8.25. The van der Waals surface area contributed by atoms with Crippen LogP contribution in [0.25, 0.3) is 11.5 Å². The summed E-state index contributed by atoms with van der Waals surface area (Å²) < 4.78 is 3.77. The predicted octanol–water partition coefficient (Wildman–Crippen LogP) is 5.69. The molecule has 6 nitrogen and oxygen atoms in total. The molecule has 0 atom stereocenters. The molecule has 1 amide bonds. The van der Waals surface area contributed by atoms with E-state index in [2.05, 4.69) is 43.1 Å². The lowest BCUT2D eigenvalue weighted by Crippen LogP contribution is -2.22. The number of benzene rings is 2. The number of nitrogens with zero attached hydrogens (tertiary/aromatic N) is 4. The predicted molar refractivity (Wildman–Crippen MR) is 135 cm³/mol. The lowest BCUT2D eigenvalue weighted by atomic mass is 10.1. The van der Waals surface area contributed by atoms with Crippen LogP contribution in [0.2, 0.25) is 0 Å². The van der Waals surface area contributed by atoms with E-state index in [4.69, 9.17) is 5.10 Å². The summed E-state index contributed by atoms with van der Waals surface area (Å²) in [6.07, 6.45) is 3.87. The zero-order valence-electron chi connectivity index (χ0n) is 20.0. The number of nitrogens with one attached hydrogen (secondary N) is 1. The van der Waals surface area contributed by atoms with Crippen LogP contribution in [0.1, 0.15) is 41.0 Å². The molecular weight excluding hydrogens is 410 g/mol. The van der Waals surface area contributed by atoms with Gasteiger partial charge in [-0.3, -0.25) is 4.79 Å². The van der Waals surface area contributed by atoms with Crippen molar-refractivity contribution < 1.29 is 4.79 Å². The van der Waals surface area contributed by atoms with Crippen molar-refractivity contribution in [1.29, 1.82) is 0 Å². The minimum atomic E-state index is -0.173. The van der Waals surface area contributed by atoms with Gasteiger partial charge in [0.05, 0.1) is 11.4 Å². The summed E-state index contributed by atoms with van der Waals surface area (Å²) in [6, 6.07) is 18.2. The van der Waals surface area contributed by atoms with Gasteiger partial charge in [-0.1, -0.05) is 17.7 Å². The molecule has 4 rings (SSSR count). The number of rotatable bonds is 7. The van der Waals surface area contributed by atoms with Crippen molar-refractivity contribution in [3.63, 3.8) is 0 Å². The van der Waals surface area contributed by atoms with Gasteiger partial charge in [0.25, 0.3) is 5.91 Å². The minimum Gasteiger partial charge on any atom is -0.372 e. The largest absolute Gasteiger partial charge is 0.372 e. The van der Waals surface area contributed by atoms with Gasteiger partial charge < -0.3 is 14.8 Å². The molecule has 33 heavy (non-hydrogen) atoms. The molecule has 0 aliphatic heterocycles. The van der Waals surface area contributed by atoms with Crippen LogP contribution in [0, 0.1) is 20.8 Å². The Hall–Kier alpha value is -3.80. The monoisotopic (exact) mass is 441 g/mol. The molecular formula is C27H31N5O. The first-order valence-corrected chi connectivity index (χ1v) is 11.4. The second-order valence-corrected chi connectivity index (χ2v) is 8.25. The summed E-state index contributed by atoms with van der Waals surface area (Å²) in [5.74, 6) is 0.546. The molecule has 0 aliphatic carbocycles. The van der Waals surface area contributed by atoms with Gasteiger partial charge in [0.1, 0.15) is 5.56 Å². The average molecular weight is 442 g/mol. The van der Waals surface area contributed by atoms with Gasteiger partial charge in [-0.05, 0) is 82.6 Å². The van der Waals surface area contributed by atoms with Crippen LogP contribution < -0.4 is 10.2 Å². The van der Waals surface area contributed by atoms with Crippen LogP contribution in [0.4, 0.5) is 11.4 Å². The number of carbonyl (C=O) groups excluding carboxylic acids is 1. The maximum atomic E-state index is 13.5. The molecule has 170 valence electrons. The third-order valence-corrected chi connectivity index (χ3v) is 5.98. The molecule has 0 aliphatic rings. The molecule has 6 heteroatoms. The maximum absolute atomic E-state index is 13.5. The fourth-order valence-electron chi connectivity index (χ4n) is 4.12. The first kappa shape index (κ1) is 22.4. The molecule has 0 radical (unpaired) electrons. The molecule has 0 saturated carbocycles. The number of amides is 1. The quantitative estimate of drug-likeness (QED) is 0.401. The van der Waals surface area contributed by atoms with Crippen molar-refractivity contribution >= 4 is 17.3 Å².